The van der Waals surface area contributed by atoms with E-state index < -0.39 is 0 Å². The molecule has 4 rings (SSSR count). The van der Waals surface area contributed by atoms with Crippen LogP contribution < -0.4 is 0 Å². The minimum absolute atomic E-state index is 0.213. The van der Waals surface area contributed by atoms with E-state index in [4.69, 9.17) is 19.7 Å². The largest absolute Gasteiger partial charge is 0.474 e. The molecule has 2 heterocycles. The van der Waals surface area contributed by atoms with Gasteiger partial charge in [-0.05, 0) is 43.9 Å². The summed E-state index contributed by atoms with van der Waals surface area (Å²) in [6, 6.07) is 16.8. The third-order valence-electron chi connectivity index (χ3n) is 6.02. The highest BCUT2D eigenvalue weighted by Crippen LogP contribution is 2.26. The second kappa shape index (κ2) is 8.39. The molecule has 2 atom stereocenters. The Hall–Kier alpha value is -3.01. The molecule has 1 aliphatic rings. The molecule has 2 aromatic carbocycles. The minimum Gasteiger partial charge on any atom is -0.474 e. The van der Waals surface area contributed by atoms with Crippen molar-refractivity contribution >= 4 is 28.2 Å². The summed E-state index contributed by atoms with van der Waals surface area (Å²) in [7, 11) is 0. The zero-order valence-corrected chi connectivity index (χ0v) is 18.4. The summed E-state index contributed by atoms with van der Waals surface area (Å²) in [5.41, 5.74) is 7.09. The van der Waals surface area contributed by atoms with E-state index in [1.807, 2.05) is 6.07 Å². The van der Waals surface area contributed by atoms with Gasteiger partial charge < -0.3 is 4.74 Å². The van der Waals surface area contributed by atoms with Gasteiger partial charge in [0.1, 0.15) is 12.3 Å². The lowest BCUT2D eigenvalue weighted by atomic mass is 10.0. The van der Waals surface area contributed by atoms with Crippen LogP contribution in [0.15, 0.2) is 58.5 Å². The molecule has 1 unspecified atom stereocenters. The Morgan fingerprint density at radius 1 is 1.10 bits per heavy atom. The van der Waals surface area contributed by atoms with E-state index in [2.05, 4.69) is 77.1 Å². The molecule has 30 heavy (non-hydrogen) atoms. The second-order valence-electron chi connectivity index (χ2n) is 8.21. The first kappa shape index (κ1) is 20.3. The van der Waals surface area contributed by atoms with Crippen molar-refractivity contribution in [1.82, 2.24) is 4.98 Å². The number of hydrogen-bond acceptors (Lipinski definition) is 4. The van der Waals surface area contributed by atoms with E-state index in [-0.39, 0.29) is 6.04 Å². The van der Waals surface area contributed by atoms with Crippen molar-refractivity contribution in [2.75, 3.05) is 6.61 Å². The number of para-hydroxylation sites is 2. The van der Waals surface area contributed by atoms with Crippen LogP contribution in [0.25, 0.3) is 10.9 Å². The number of nitrogens with zero attached hydrogens (tertiary/aromatic N) is 3. The van der Waals surface area contributed by atoms with Gasteiger partial charge in [0.15, 0.2) is 0 Å². The van der Waals surface area contributed by atoms with E-state index >= 15 is 0 Å². The number of rotatable bonds is 5. The summed E-state index contributed by atoms with van der Waals surface area (Å²) in [5.74, 6) is 1.16. The number of benzene rings is 2. The van der Waals surface area contributed by atoms with Gasteiger partial charge in [-0.15, -0.1) is 0 Å². The van der Waals surface area contributed by atoms with Crippen LogP contribution in [0.3, 0.4) is 0 Å². The summed E-state index contributed by atoms with van der Waals surface area (Å²) in [4.78, 5) is 14.7. The molecular formula is C26H29N3O. The Bertz CT molecular complexity index is 1130. The Morgan fingerprint density at radius 2 is 1.83 bits per heavy atom. The van der Waals surface area contributed by atoms with Crippen LogP contribution in [-0.4, -0.2) is 29.2 Å². The molecule has 1 aliphatic heterocycles. The molecule has 0 N–H and O–H groups in total. The fourth-order valence-electron chi connectivity index (χ4n) is 3.86. The van der Waals surface area contributed by atoms with E-state index in [1.165, 1.54) is 11.1 Å². The molecule has 0 fully saturated rings. The Balaban J connectivity index is 1.77. The molecule has 154 valence electrons. The number of hydrogen-bond donors (Lipinski definition) is 0. The molecule has 0 aliphatic carbocycles. The minimum atomic E-state index is 0.213. The van der Waals surface area contributed by atoms with Crippen LogP contribution in [0.4, 0.5) is 5.69 Å². The fraction of sp³-hybridized carbons (Fsp3) is 0.346. The van der Waals surface area contributed by atoms with Gasteiger partial charge in [-0.2, -0.15) is 0 Å². The van der Waals surface area contributed by atoms with Crippen molar-refractivity contribution in [3.8, 4) is 0 Å². The molecule has 3 aromatic rings. The third-order valence-corrected chi connectivity index (χ3v) is 6.02. The van der Waals surface area contributed by atoms with Crippen LogP contribution in [0.2, 0.25) is 0 Å². The predicted molar refractivity (Wildman–Crippen MR) is 125 cm³/mol. The first-order chi connectivity index (χ1) is 14.5. The van der Waals surface area contributed by atoms with Gasteiger partial charge >= 0.3 is 0 Å². The van der Waals surface area contributed by atoms with Crippen molar-refractivity contribution in [2.24, 2.45) is 15.9 Å². The van der Waals surface area contributed by atoms with Gasteiger partial charge in [0.2, 0.25) is 5.90 Å². The average molecular weight is 400 g/mol. The predicted octanol–water partition coefficient (Wildman–Crippen LogP) is 6.18. The van der Waals surface area contributed by atoms with Gasteiger partial charge in [-0.1, -0.05) is 62.7 Å². The molecule has 0 saturated carbocycles. The number of aryl methyl sites for hydroxylation is 2. The quantitative estimate of drug-likeness (QED) is 0.481. The molecule has 0 bridgehead atoms. The highest BCUT2D eigenvalue weighted by Gasteiger charge is 2.25. The Morgan fingerprint density at radius 3 is 2.57 bits per heavy atom. The van der Waals surface area contributed by atoms with Crippen LogP contribution >= 0.6 is 0 Å². The molecule has 0 spiro atoms. The van der Waals surface area contributed by atoms with Gasteiger partial charge in [0, 0.05) is 16.7 Å². The summed E-state index contributed by atoms with van der Waals surface area (Å²) < 4.78 is 5.91. The van der Waals surface area contributed by atoms with Crippen LogP contribution in [0.1, 0.15) is 49.6 Å². The van der Waals surface area contributed by atoms with Crippen molar-refractivity contribution in [3.05, 3.63) is 70.9 Å². The molecule has 4 heteroatoms. The molecular weight excluding hydrogens is 370 g/mol. The summed E-state index contributed by atoms with van der Waals surface area (Å²) in [6.07, 6.45) is 1.09. The summed E-state index contributed by atoms with van der Waals surface area (Å²) in [6.45, 7) is 11.3. The highest BCUT2D eigenvalue weighted by molar-refractivity contribution is 6.10. The van der Waals surface area contributed by atoms with Crippen LogP contribution in [0, 0.1) is 19.8 Å². The van der Waals surface area contributed by atoms with Gasteiger partial charge in [-0.25, -0.2) is 9.98 Å². The van der Waals surface area contributed by atoms with Crippen molar-refractivity contribution < 1.29 is 4.74 Å². The molecule has 0 radical (unpaired) electrons. The monoisotopic (exact) mass is 399 g/mol. The molecule has 4 nitrogen and oxygen atoms in total. The zero-order chi connectivity index (χ0) is 21.3. The first-order valence-electron chi connectivity index (χ1n) is 10.7. The lowest BCUT2D eigenvalue weighted by Crippen LogP contribution is -2.16. The lowest BCUT2D eigenvalue weighted by molar-refractivity contribution is 0.282. The topological polar surface area (TPSA) is 46.8 Å². The Kier molecular flexibility index (Phi) is 5.67. The third kappa shape index (κ3) is 3.87. The smallest absolute Gasteiger partial charge is 0.235 e. The van der Waals surface area contributed by atoms with Gasteiger partial charge in [-0.3, -0.25) is 4.99 Å². The van der Waals surface area contributed by atoms with Crippen molar-refractivity contribution in [3.63, 3.8) is 0 Å². The van der Waals surface area contributed by atoms with Gasteiger partial charge in [0.25, 0.3) is 0 Å². The maximum atomic E-state index is 5.91. The highest BCUT2D eigenvalue weighted by atomic mass is 16.5. The lowest BCUT2D eigenvalue weighted by Gasteiger charge is -2.11. The maximum Gasteiger partial charge on any atom is 0.235 e. The molecule has 0 amide bonds. The Labute approximate surface area is 178 Å². The van der Waals surface area contributed by atoms with Crippen LogP contribution in [-0.2, 0) is 4.74 Å². The van der Waals surface area contributed by atoms with Crippen LogP contribution in [0.5, 0.6) is 0 Å². The fourth-order valence-corrected chi connectivity index (χ4v) is 3.86. The number of pyridine rings is 1. The van der Waals surface area contributed by atoms with Crippen molar-refractivity contribution in [2.45, 2.75) is 47.1 Å². The number of aliphatic imine (C=N–C) groups is 2. The van der Waals surface area contributed by atoms with E-state index in [0.29, 0.717) is 18.4 Å². The number of fused-ring (bicyclic) bond motifs is 1. The average Bonchev–Trinajstić information content (AvgIpc) is 3.25. The van der Waals surface area contributed by atoms with Crippen molar-refractivity contribution in [1.29, 1.82) is 0 Å². The molecule has 0 saturated heterocycles. The maximum absolute atomic E-state index is 5.91. The molecule has 1 aromatic heterocycles. The second-order valence-corrected chi connectivity index (χ2v) is 8.21. The number of aromatic nitrogens is 1. The zero-order valence-electron chi connectivity index (χ0n) is 18.4. The number of ether oxygens (including phenoxy) is 1. The van der Waals surface area contributed by atoms with E-state index in [1.54, 1.807) is 0 Å². The first-order valence-corrected chi connectivity index (χ1v) is 10.7. The summed E-state index contributed by atoms with van der Waals surface area (Å²) in [5, 5.41) is 1.09. The van der Waals surface area contributed by atoms with Gasteiger partial charge in [0.05, 0.1) is 17.2 Å². The standard InChI is InChI=1S/C26H29N3O/c1-6-16(2)23-15-30-26(29-23)22-14-13-20-11-8-12-21(25(20)28-22)19(5)27-24-17(3)9-7-10-18(24)4/h7-14,16,23H,6,15H2,1-5H3/b27-19+/t16?,23-/m1/s1. The SMILES string of the molecule is CCC(C)[C@H]1COC(c2ccc3cccc(/C(C)=N/c4c(C)cccc4C)c3n2)=N1. The van der Waals surface area contributed by atoms with E-state index in [9.17, 15) is 0 Å². The summed E-state index contributed by atoms with van der Waals surface area (Å²) >= 11 is 0. The van der Waals surface area contributed by atoms with E-state index in [0.717, 1.165) is 40.0 Å². The normalized spacial score (nSPS) is 17.7.